The lowest BCUT2D eigenvalue weighted by Crippen LogP contribution is -2.50. The largest absolute Gasteiger partial charge is 0.491 e. The van der Waals surface area contributed by atoms with Gasteiger partial charge in [0.15, 0.2) is 0 Å². The maximum Gasteiger partial charge on any atom is 0.244 e. The quantitative estimate of drug-likeness (QED) is 0.613. The molecule has 0 aliphatic carbocycles. The number of hydrogen-bond acceptors (Lipinski definition) is 4. The van der Waals surface area contributed by atoms with Gasteiger partial charge in [0.1, 0.15) is 18.4 Å². The fourth-order valence-electron chi connectivity index (χ4n) is 3.30. The molecule has 0 bridgehead atoms. The van der Waals surface area contributed by atoms with E-state index in [4.69, 9.17) is 4.74 Å². The number of rotatable bonds is 9. The molecule has 6 nitrogen and oxygen atoms in total. The maximum absolute atomic E-state index is 12.8. The van der Waals surface area contributed by atoms with Crippen LogP contribution in [0.2, 0.25) is 0 Å². The molecule has 0 aromatic heterocycles. The number of amides is 1. The summed E-state index contributed by atoms with van der Waals surface area (Å²) in [7, 11) is -3.63. The number of anilines is 1. The van der Waals surface area contributed by atoms with E-state index >= 15 is 0 Å². The first-order chi connectivity index (χ1) is 14.1. The summed E-state index contributed by atoms with van der Waals surface area (Å²) >= 11 is 0. The van der Waals surface area contributed by atoms with Crippen molar-refractivity contribution in [3.8, 4) is 5.75 Å². The average Bonchev–Trinajstić information content (AvgIpc) is 2.68. The Labute approximate surface area is 180 Å². The summed E-state index contributed by atoms with van der Waals surface area (Å²) in [6.45, 7) is 8.71. The molecule has 0 aliphatic heterocycles. The first kappa shape index (κ1) is 23.7. The minimum atomic E-state index is -3.63. The van der Waals surface area contributed by atoms with Crippen LogP contribution in [-0.2, 0) is 20.2 Å². The second-order valence-corrected chi connectivity index (χ2v) is 10.1. The van der Waals surface area contributed by atoms with E-state index in [0.29, 0.717) is 18.7 Å². The van der Waals surface area contributed by atoms with Gasteiger partial charge in [-0.05, 0) is 35.6 Å². The SMILES string of the molecule is CC[C@H](C(=O)NCCOc1ccccc1C(C)(C)C)N(c1ccccc1)S(C)(=O)=O. The molecule has 0 saturated carbocycles. The molecule has 2 aromatic rings. The van der Waals surface area contributed by atoms with Crippen molar-refractivity contribution in [2.24, 2.45) is 0 Å². The third kappa shape index (κ3) is 6.23. The van der Waals surface area contributed by atoms with E-state index in [2.05, 4.69) is 26.1 Å². The van der Waals surface area contributed by atoms with Gasteiger partial charge >= 0.3 is 0 Å². The summed E-state index contributed by atoms with van der Waals surface area (Å²) in [6, 6.07) is 15.7. The molecular weight excluding hydrogens is 400 g/mol. The lowest BCUT2D eigenvalue weighted by atomic mass is 9.86. The Morgan fingerprint density at radius 3 is 2.23 bits per heavy atom. The molecule has 0 heterocycles. The van der Waals surface area contributed by atoms with Crippen LogP contribution in [0.5, 0.6) is 5.75 Å². The number of ether oxygens (including phenoxy) is 1. The molecule has 2 aromatic carbocycles. The van der Waals surface area contributed by atoms with Crippen molar-refractivity contribution in [1.82, 2.24) is 5.32 Å². The summed E-state index contributed by atoms with van der Waals surface area (Å²) in [4.78, 5) is 12.8. The van der Waals surface area contributed by atoms with Gasteiger partial charge < -0.3 is 10.1 Å². The number of para-hydroxylation sites is 2. The van der Waals surface area contributed by atoms with Crippen molar-refractivity contribution >= 4 is 21.6 Å². The highest BCUT2D eigenvalue weighted by atomic mass is 32.2. The number of benzene rings is 2. The first-order valence-electron chi connectivity index (χ1n) is 10.1. The van der Waals surface area contributed by atoms with Crippen LogP contribution < -0.4 is 14.4 Å². The Morgan fingerprint density at radius 1 is 1.07 bits per heavy atom. The van der Waals surface area contributed by atoms with Gasteiger partial charge in [-0.1, -0.05) is 64.1 Å². The minimum absolute atomic E-state index is 0.0567. The van der Waals surface area contributed by atoms with Crippen LogP contribution in [-0.4, -0.2) is 39.8 Å². The third-order valence-electron chi connectivity index (χ3n) is 4.69. The second kappa shape index (κ2) is 9.98. The Hall–Kier alpha value is -2.54. The van der Waals surface area contributed by atoms with Crippen LogP contribution in [0.3, 0.4) is 0 Å². The molecule has 1 atom stereocenters. The van der Waals surface area contributed by atoms with Crippen LogP contribution in [0.4, 0.5) is 5.69 Å². The molecule has 0 aliphatic rings. The zero-order valence-corrected chi connectivity index (χ0v) is 19.2. The van der Waals surface area contributed by atoms with E-state index < -0.39 is 16.1 Å². The smallest absolute Gasteiger partial charge is 0.244 e. The van der Waals surface area contributed by atoms with Gasteiger partial charge in [-0.25, -0.2) is 8.42 Å². The molecule has 164 valence electrons. The normalized spacial score (nSPS) is 12.8. The van der Waals surface area contributed by atoms with Gasteiger partial charge in [-0.2, -0.15) is 0 Å². The molecule has 0 fully saturated rings. The highest BCUT2D eigenvalue weighted by molar-refractivity contribution is 7.92. The Kier molecular flexibility index (Phi) is 7.89. The third-order valence-corrected chi connectivity index (χ3v) is 5.87. The summed E-state index contributed by atoms with van der Waals surface area (Å²) in [5, 5.41) is 2.81. The van der Waals surface area contributed by atoms with E-state index in [9.17, 15) is 13.2 Å². The van der Waals surface area contributed by atoms with Gasteiger partial charge in [0, 0.05) is 0 Å². The maximum atomic E-state index is 12.8. The van der Waals surface area contributed by atoms with Gasteiger partial charge in [0.2, 0.25) is 15.9 Å². The average molecular weight is 433 g/mol. The van der Waals surface area contributed by atoms with Gasteiger partial charge in [0.25, 0.3) is 0 Å². The number of nitrogens with zero attached hydrogens (tertiary/aromatic N) is 1. The minimum Gasteiger partial charge on any atom is -0.491 e. The molecule has 30 heavy (non-hydrogen) atoms. The fourth-order valence-corrected chi connectivity index (χ4v) is 4.51. The summed E-state index contributed by atoms with van der Waals surface area (Å²) < 4.78 is 31.9. The Balaban J connectivity index is 2.04. The molecule has 0 unspecified atom stereocenters. The second-order valence-electron chi connectivity index (χ2n) is 8.20. The van der Waals surface area contributed by atoms with Crippen LogP contribution >= 0.6 is 0 Å². The lowest BCUT2D eigenvalue weighted by molar-refractivity contribution is -0.122. The topological polar surface area (TPSA) is 75.7 Å². The van der Waals surface area contributed by atoms with Gasteiger partial charge in [-0.3, -0.25) is 9.10 Å². The highest BCUT2D eigenvalue weighted by Gasteiger charge is 2.31. The summed E-state index contributed by atoms with van der Waals surface area (Å²) in [5.74, 6) is 0.438. The van der Waals surface area contributed by atoms with Crippen molar-refractivity contribution in [3.63, 3.8) is 0 Å². The van der Waals surface area contributed by atoms with Crippen molar-refractivity contribution in [1.29, 1.82) is 0 Å². The molecule has 0 radical (unpaired) electrons. The molecule has 0 spiro atoms. The van der Waals surface area contributed by atoms with Crippen molar-refractivity contribution in [2.75, 3.05) is 23.7 Å². The monoisotopic (exact) mass is 432 g/mol. The zero-order valence-electron chi connectivity index (χ0n) is 18.4. The first-order valence-corrected chi connectivity index (χ1v) is 11.9. The molecular formula is C23H32N2O4S. The van der Waals surface area contributed by atoms with Crippen molar-refractivity contribution < 1.29 is 17.9 Å². The number of sulfonamides is 1. The van der Waals surface area contributed by atoms with Gasteiger partial charge in [-0.15, -0.1) is 0 Å². The van der Waals surface area contributed by atoms with Crippen LogP contribution in [0.25, 0.3) is 0 Å². The number of hydrogen-bond donors (Lipinski definition) is 1. The molecule has 1 N–H and O–H groups in total. The molecule has 2 rings (SSSR count). The predicted octanol–water partition coefficient (Wildman–Crippen LogP) is 3.72. The predicted molar refractivity (Wildman–Crippen MR) is 121 cm³/mol. The van der Waals surface area contributed by atoms with Crippen LogP contribution in [0, 0.1) is 0 Å². The fraction of sp³-hybridized carbons (Fsp3) is 0.435. The van der Waals surface area contributed by atoms with Crippen LogP contribution in [0.15, 0.2) is 54.6 Å². The molecule has 0 saturated heterocycles. The molecule has 1 amide bonds. The Morgan fingerprint density at radius 2 is 1.67 bits per heavy atom. The van der Waals surface area contributed by atoms with E-state index in [1.54, 1.807) is 37.3 Å². The molecule has 7 heteroatoms. The lowest BCUT2D eigenvalue weighted by Gasteiger charge is -2.30. The highest BCUT2D eigenvalue weighted by Crippen LogP contribution is 2.30. The van der Waals surface area contributed by atoms with E-state index in [1.807, 2.05) is 24.3 Å². The number of carbonyl (C=O) groups excluding carboxylic acids is 1. The van der Waals surface area contributed by atoms with E-state index in [0.717, 1.165) is 17.6 Å². The number of carbonyl (C=O) groups is 1. The number of nitrogens with one attached hydrogen (secondary N) is 1. The van der Waals surface area contributed by atoms with Gasteiger partial charge in [0.05, 0.1) is 18.5 Å². The van der Waals surface area contributed by atoms with Crippen molar-refractivity contribution in [3.05, 3.63) is 60.2 Å². The summed E-state index contributed by atoms with van der Waals surface area (Å²) in [5.41, 5.74) is 1.51. The zero-order chi connectivity index (χ0) is 22.4. The van der Waals surface area contributed by atoms with E-state index in [-0.39, 0.29) is 17.9 Å². The van der Waals surface area contributed by atoms with Crippen LogP contribution in [0.1, 0.15) is 39.7 Å². The summed E-state index contributed by atoms with van der Waals surface area (Å²) in [6.07, 6.45) is 1.46. The standard InChI is InChI=1S/C23H32N2O4S/c1-6-20(25(30(5,27)28)18-12-8-7-9-13-18)22(26)24-16-17-29-21-15-11-10-14-19(21)23(2,3)4/h7-15,20H,6,16-17H2,1-5H3,(H,24,26)/t20-/m1/s1. The Bertz CT molecular complexity index is 937. The van der Waals surface area contributed by atoms with E-state index in [1.165, 1.54) is 4.31 Å². The van der Waals surface area contributed by atoms with Crippen molar-refractivity contribution in [2.45, 2.75) is 45.6 Å².